The Kier molecular flexibility index (Phi) is 7.82. The number of hydrogen-bond acceptors (Lipinski definition) is 4. The number of guanidine groups is 1. The molecule has 0 atom stereocenters. The second kappa shape index (κ2) is 9.11. The molecule has 1 aromatic heterocycles. The highest BCUT2D eigenvalue weighted by Crippen LogP contribution is 2.28. The van der Waals surface area contributed by atoms with Crippen molar-refractivity contribution in [2.75, 3.05) is 39.5 Å². The van der Waals surface area contributed by atoms with Gasteiger partial charge in [0.1, 0.15) is 12.3 Å². The fourth-order valence-electron chi connectivity index (χ4n) is 1.86. The normalized spacial score (nSPS) is 16.0. The first kappa shape index (κ1) is 19.7. The molecule has 23 heavy (non-hydrogen) atoms. The molecule has 0 radical (unpaired) electrons. The van der Waals surface area contributed by atoms with E-state index < -0.39 is 11.9 Å². The van der Waals surface area contributed by atoms with Crippen LogP contribution in [0.1, 0.15) is 5.69 Å². The molecule has 0 bridgehead atoms. The third kappa shape index (κ3) is 6.37. The van der Waals surface area contributed by atoms with Crippen LogP contribution in [-0.2, 0) is 10.9 Å². The first-order valence-corrected chi connectivity index (χ1v) is 6.76. The lowest BCUT2D eigenvalue weighted by Crippen LogP contribution is -2.45. The number of aliphatic imine (C=N–C) groups is 1. The van der Waals surface area contributed by atoms with Crippen molar-refractivity contribution in [1.82, 2.24) is 9.88 Å². The summed E-state index contributed by atoms with van der Waals surface area (Å²) >= 11 is 0. The Bertz CT molecular complexity index is 522. The molecule has 1 aliphatic rings. The summed E-state index contributed by atoms with van der Waals surface area (Å²) in [5, 5.41) is 0. The smallest absolute Gasteiger partial charge is 0.433 e. The molecule has 1 aliphatic heterocycles. The summed E-state index contributed by atoms with van der Waals surface area (Å²) < 4.78 is 47.8. The quantitative estimate of drug-likeness (QED) is 0.330. The van der Waals surface area contributed by atoms with Gasteiger partial charge in [-0.3, -0.25) is 0 Å². The highest BCUT2D eigenvalue weighted by atomic mass is 127. The van der Waals surface area contributed by atoms with Crippen molar-refractivity contribution < 1.29 is 22.6 Å². The number of halogens is 4. The molecule has 2 rings (SSSR count). The van der Waals surface area contributed by atoms with E-state index in [0.29, 0.717) is 32.3 Å². The second-order valence-corrected chi connectivity index (χ2v) is 4.55. The van der Waals surface area contributed by atoms with E-state index in [4.69, 9.17) is 15.2 Å². The fourth-order valence-corrected chi connectivity index (χ4v) is 1.86. The molecular weight excluding hydrogens is 428 g/mol. The molecule has 2 heterocycles. The van der Waals surface area contributed by atoms with Crippen LogP contribution in [0.25, 0.3) is 0 Å². The van der Waals surface area contributed by atoms with Gasteiger partial charge in [-0.2, -0.15) is 13.2 Å². The maximum Gasteiger partial charge on any atom is 0.433 e. The van der Waals surface area contributed by atoms with E-state index in [1.807, 2.05) is 4.90 Å². The number of morpholine rings is 1. The third-order valence-electron chi connectivity index (χ3n) is 2.96. The summed E-state index contributed by atoms with van der Waals surface area (Å²) in [4.78, 5) is 9.40. The van der Waals surface area contributed by atoms with Crippen LogP contribution in [0.3, 0.4) is 0 Å². The van der Waals surface area contributed by atoms with Gasteiger partial charge in [-0.25, -0.2) is 9.98 Å². The van der Waals surface area contributed by atoms with E-state index >= 15 is 0 Å². The second-order valence-electron chi connectivity index (χ2n) is 4.55. The highest BCUT2D eigenvalue weighted by Gasteiger charge is 2.32. The molecule has 0 aliphatic carbocycles. The van der Waals surface area contributed by atoms with Crippen molar-refractivity contribution in [3.63, 3.8) is 0 Å². The van der Waals surface area contributed by atoms with Crippen LogP contribution >= 0.6 is 24.0 Å². The van der Waals surface area contributed by atoms with Gasteiger partial charge in [-0.05, 0) is 6.07 Å². The van der Waals surface area contributed by atoms with Crippen LogP contribution < -0.4 is 10.5 Å². The van der Waals surface area contributed by atoms with E-state index in [1.54, 1.807) is 0 Å². The minimum absolute atomic E-state index is 0. The van der Waals surface area contributed by atoms with Gasteiger partial charge in [0.15, 0.2) is 5.96 Å². The highest BCUT2D eigenvalue weighted by molar-refractivity contribution is 14.0. The zero-order valence-electron chi connectivity index (χ0n) is 12.3. The number of aromatic nitrogens is 1. The summed E-state index contributed by atoms with van der Waals surface area (Å²) in [6.45, 7) is 2.87. The van der Waals surface area contributed by atoms with Gasteiger partial charge in [0.25, 0.3) is 0 Å². The van der Waals surface area contributed by atoms with Crippen LogP contribution in [-0.4, -0.2) is 55.3 Å². The lowest BCUT2D eigenvalue weighted by molar-refractivity contribution is -0.141. The largest absolute Gasteiger partial charge is 0.476 e. The SMILES string of the molecule is I.NC(=NCCOc1cccc(C(F)(F)F)n1)N1CCOCC1. The molecule has 0 spiro atoms. The van der Waals surface area contributed by atoms with Gasteiger partial charge in [0, 0.05) is 19.2 Å². The zero-order chi connectivity index (χ0) is 16.0. The first-order valence-electron chi connectivity index (χ1n) is 6.76. The Morgan fingerprint density at radius 3 is 2.70 bits per heavy atom. The van der Waals surface area contributed by atoms with Gasteiger partial charge in [-0.1, -0.05) is 6.07 Å². The molecule has 1 saturated heterocycles. The van der Waals surface area contributed by atoms with E-state index in [9.17, 15) is 13.2 Å². The number of nitrogens with two attached hydrogens (primary N) is 1. The van der Waals surface area contributed by atoms with Crippen LogP contribution in [0.15, 0.2) is 23.2 Å². The maximum atomic E-state index is 12.5. The Labute approximate surface area is 148 Å². The van der Waals surface area contributed by atoms with Gasteiger partial charge in [0.2, 0.25) is 5.88 Å². The molecule has 130 valence electrons. The number of rotatable bonds is 4. The Morgan fingerprint density at radius 1 is 1.35 bits per heavy atom. The van der Waals surface area contributed by atoms with Crippen LogP contribution in [0.4, 0.5) is 13.2 Å². The molecule has 6 nitrogen and oxygen atoms in total. The molecule has 10 heteroatoms. The molecule has 2 N–H and O–H groups in total. The molecule has 0 aromatic carbocycles. The van der Waals surface area contributed by atoms with Crippen molar-refractivity contribution in [2.24, 2.45) is 10.7 Å². The summed E-state index contributed by atoms with van der Waals surface area (Å²) in [5.74, 6) is 0.291. The van der Waals surface area contributed by atoms with Crippen LogP contribution in [0.5, 0.6) is 5.88 Å². The third-order valence-corrected chi connectivity index (χ3v) is 2.96. The van der Waals surface area contributed by atoms with E-state index in [-0.39, 0.29) is 43.0 Å². The minimum atomic E-state index is -4.49. The van der Waals surface area contributed by atoms with Crippen LogP contribution in [0, 0.1) is 0 Å². The maximum absolute atomic E-state index is 12.5. The standard InChI is InChI=1S/C13H17F3N4O2.HI/c14-13(15,16)10-2-1-3-11(19-10)22-7-4-18-12(17)20-5-8-21-9-6-20;/h1-3H,4-9H2,(H2,17,18);1H. The number of nitrogens with zero attached hydrogens (tertiary/aromatic N) is 3. The average Bonchev–Trinajstić information content (AvgIpc) is 2.52. The van der Waals surface area contributed by atoms with Gasteiger partial charge in [-0.15, -0.1) is 24.0 Å². The molecule has 0 unspecified atom stereocenters. The lowest BCUT2D eigenvalue weighted by Gasteiger charge is -2.27. The number of alkyl halides is 3. The monoisotopic (exact) mass is 446 g/mol. The van der Waals surface area contributed by atoms with E-state index in [2.05, 4.69) is 9.98 Å². The van der Waals surface area contributed by atoms with E-state index in [1.165, 1.54) is 12.1 Å². The van der Waals surface area contributed by atoms with Gasteiger partial charge >= 0.3 is 6.18 Å². The Balaban J connectivity index is 0.00000264. The van der Waals surface area contributed by atoms with Crippen molar-refractivity contribution in [3.05, 3.63) is 23.9 Å². The van der Waals surface area contributed by atoms with Crippen LogP contribution in [0.2, 0.25) is 0 Å². The summed E-state index contributed by atoms with van der Waals surface area (Å²) in [5.41, 5.74) is 4.82. The predicted octanol–water partition coefficient (Wildman–Crippen LogP) is 1.74. The zero-order valence-corrected chi connectivity index (χ0v) is 14.6. The summed E-state index contributed by atoms with van der Waals surface area (Å²) in [6.07, 6.45) is -4.49. The summed E-state index contributed by atoms with van der Waals surface area (Å²) in [6, 6.07) is 3.50. The minimum Gasteiger partial charge on any atom is -0.476 e. The number of ether oxygens (including phenoxy) is 2. The average molecular weight is 446 g/mol. The van der Waals surface area contributed by atoms with Gasteiger partial charge < -0.3 is 20.1 Å². The van der Waals surface area contributed by atoms with Crippen molar-refractivity contribution in [1.29, 1.82) is 0 Å². The number of pyridine rings is 1. The summed E-state index contributed by atoms with van der Waals surface area (Å²) in [7, 11) is 0. The van der Waals surface area contributed by atoms with Gasteiger partial charge in [0.05, 0.1) is 19.8 Å². The molecule has 1 aromatic rings. The number of hydrogen-bond donors (Lipinski definition) is 1. The topological polar surface area (TPSA) is 73.0 Å². The molecular formula is C13H18F3IN4O2. The van der Waals surface area contributed by atoms with E-state index in [0.717, 1.165) is 6.07 Å². The fraction of sp³-hybridized carbons (Fsp3) is 0.538. The predicted molar refractivity (Wildman–Crippen MR) is 89.0 cm³/mol. The van der Waals surface area contributed by atoms with Crippen molar-refractivity contribution in [2.45, 2.75) is 6.18 Å². The molecule has 1 fully saturated rings. The molecule has 0 amide bonds. The van der Waals surface area contributed by atoms with Crippen molar-refractivity contribution >= 4 is 29.9 Å². The Morgan fingerprint density at radius 2 is 2.04 bits per heavy atom. The lowest BCUT2D eigenvalue weighted by atomic mass is 10.3. The van der Waals surface area contributed by atoms with Crippen molar-refractivity contribution in [3.8, 4) is 5.88 Å². The first-order chi connectivity index (χ1) is 10.5. The Hall–Kier alpha value is -1.30. The molecule has 0 saturated carbocycles.